The number of aryl methyl sites for hydroxylation is 1. The van der Waals surface area contributed by atoms with Crippen LogP contribution in [0.1, 0.15) is 42.0 Å². The van der Waals surface area contributed by atoms with Gasteiger partial charge < -0.3 is 5.32 Å². The lowest BCUT2D eigenvalue weighted by Crippen LogP contribution is -2.42. The number of nitrogens with zero attached hydrogens (tertiary/aromatic N) is 1. The fourth-order valence-electron chi connectivity index (χ4n) is 2.85. The molecule has 0 bridgehead atoms. The molecule has 0 amide bonds. The van der Waals surface area contributed by atoms with Gasteiger partial charge in [-0.3, -0.25) is 4.90 Å². The minimum absolute atomic E-state index is 0.415. The van der Waals surface area contributed by atoms with E-state index in [0.29, 0.717) is 4.75 Å². The van der Waals surface area contributed by atoms with Crippen molar-refractivity contribution < 1.29 is 0 Å². The zero-order chi connectivity index (χ0) is 14.2. The predicted molar refractivity (Wildman–Crippen MR) is 90.7 cm³/mol. The van der Waals surface area contributed by atoms with E-state index in [9.17, 15) is 0 Å². The van der Waals surface area contributed by atoms with Gasteiger partial charge in [-0.1, -0.05) is 0 Å². The third-order valence-electron chi connectivity index (χ3n) is 4.11. The summed E-state index contributed by atoms with van der Waals surface area (Å²) in [5.41, 5.74) is 1.55. The van der Waals surface area contributed by atoms with E-state index < -0.39 is 0 Å². The molecule has 3 rings (SSSR count). The van der Waals surface area contributed by atoms with Gasteiger partial charge in [0.05, 0.1) is 0 Å². The first-order valence-electron chi connectivity index (χ1n) is 7.70. The lowest BCUT2D eigenvalue weighted by atomic mass is 10.1. The van der Waals surface area contributed by atoms with Gasteiger partial charge in [0, 0.05) is 52.5 Å². The summed E-state index contributed by atoms with van der Waals surface area (Å²) in [5, 5.41) is 3.62. The second-order valence-electron chi connectivity index (χ2n) is 6.77. The van der Waals surface area contributed by atoms with Crippen LogP contribution >= 0.6 is 23.1 Å². The first-order valence-corrected chi connectivity index (χ1v) is 9.50. The Labute approximate surface area is 131 Å². The Morgan fingerprint density at radius 3 is 2.90 bits per heavy atom. The maximum Gasteiger partial charge on any atom is 0.0302 e. The van der Waals surface area contributed by atoms with Crippen molar-refractivity contribution in [3.8, 4) is 0 Å². The molecule has 0 unspecified atom stereocenters. The molecular formula is C16H26N2S2. The summed E-state index contributed by atoms with van der Waals surface area (Å²) in [6, 6.07) is 3.24. The molecule has 2 fully saturated rings. The topological polar surface area (TPSA) is 15.3 Å². The number of thiophene rings is 1. The van der Waals surface area contributed by atoms with Crippen LogP contribution in [-0.4, -0.2) is 34.5 Å². The van der Waals surface area contributed by atoms with E-state index in [-0.39, 0.29) is 0 Å². The highest BCUT2D eigenvalue weighted by Gasteiger charge is 2.27. The second-order valence-corrected chi connectivity index (χ2v) is 9.91. The van der Waals surface area contributed by atoms with Gasteiger partial charge in [-0.2, -0.15) is 11.8 Å². The molecule has 1 saturated heterocycles. The normalized spacial score (nSPS) is 23.1. The van der Waals surface area contributed by atoms with Gasteiger partial charge >= 0.3 is 0 Å². The molecule has 1 saturated carbocycles. The van der Waals surface area contributed by atoms with Crippen LogP contribution in [0, 0.1) is 6.92 Å². The Bertz CT molecular complexity index is 463. The van der Waals surface area contributed by atoms with E-state index in [4.69, 9.17) is 0 Å². The van der Waals surface area contributed by atoms with E-state index in [1.807, 2.05) is 11.3 Å². The highest BCUT2D eigenvalue weighted by Crippen LogP contribution is 2.31. The van der Waals surface area contributed by atoms with Gasteiger partial charge in [-0.15, -0.1) is 11.3 Å². The summed E-state index contributed by atoms with van der Waals surface area (Å²) in [6.07, 6.45) is 2.75. The molecule has 20 heavy (non-hydrogen) atoms. The molecule has 0 atom stereocenters. The third kappa shape index (κ3) is 4.00. The number of rotatable bonds is 5. The molecule has 2 nitrogen and oxygen atoms in total. The maximum absolute atomic E-state index is 3.62. The van der Waals surface area contributed by atoms with Crippen LogP contribution in [0.15, 0.2) is 6.07 Å². The third-order valence-corrected chi connectivity index (χ3v) is 6.50. The van der Waals surface area contributed by atoms with Crippen LogP contribution in [0.4, 0.5) is 0 Å². The molecule has 1 aliphatic heterocycles. The van der Waals surface area contributed by atoms with Crippen molar-refractivity contribution in [1.29, 1.82) is 0 Å². The maximum atomic E-state index is 3.62. The largest absolute Gasteiger partial charge is 0.309 e. The first-order chi connectivity index (χ1) is 9.52. The van der Waals surface area contributed by atoms with Crippen LogP contribution in [0.3, 0.4) is 0 Å². The average molecular weight is 311 g/mol. The van der Waals surface area contributed by atoms with E-state index in [2.05, 4.69) is 48.8 Å². The van der Waals surface area contributed by atoms with Gasteiger partial charge in [0.2, 0.25) is 0 Å². The molecule has 112 valence electrons. The molecule has 1 N–H and O–H groups in total. The molecule has 0 aromatic carbocycles. The lowest BCUT2D eigenvalue weighted by Gasteiger charge is -2.37. The standard InChI is InChI=1S/C16H26N2S2/c1-12-13(8-15(20-12)9-17-14-4-5-14)10-18-6-7-19-16(2,3)11-18/h8,14,17H,4-7,9-11H2,1-3H3. The van der Waals surface area contributed by atoms with E-state index >= 15 is 0 Å². The summed E-state index contributed by atoms with van der Waals surface area (Å²) in [7, 11) is 0. The summed E-state index contributed by atoms with van der Waals surface area (Å²) >= 11 is 4.09. The summed E-state index contributed by atoms with van der Waals surface area (Å²) < 4.78 is 0.415. The number of hydrogen-bond acceptors (Lipinski definition) is 4. The highest BCUT2D eigenvalue weighted by molar-refractivity contribution is 8.00. The van der Waals surface area contributed by atoms with Gasteiger partial charge in [-0.05, 0) is 45.2 Å². The van der Waals surface area contributed by atoms with E-state index in [0.717, 1.165) is 19.1 Å². The summed E-state index contributed by atoms with van der Waals surface area (Å²) in [4.78, 5) is 5.65. The van der Waals surface area contributed by atoms with Crippen molar-refractivity contribution >= 4 is 23.1 Å². The lowest BCUT2D eigenvalue weighted by molar-refractivity contribution is 0.252. The van der Waals surface area contributed by atoms with Gasteiger partial charge in [0.25, 0.3) is 0 Å². The summed E-state index contributed by atoms with van der Waals surface area (Å²) in [5.74, 6) is 1.27. The van der Waals surface area contributed by atoms with Crippen LogP contribution in [-0.2, 0) is 13.1 Å². The van der Waals surface area contributed by atoms with Gasteiger partial charge in [0.15, 0.2) is 0 Å². The smallest absolute Gasteiger partial charge is 0.0302 e. The predicted octanol–water partition coefficient (Wildman–Crippen LogP) is 3.64. The Balaban J connectivity index is 1.58. The molecule has 1 aromatic heterocycles. The zero-order valence-electron chi connectivity index (χ0n) is 12.9. The van der Waals surface area contributed by atoms with Crippen LogP contribution in [0.25, 0.3) is 0 Å². The Morgan fingerprint density at radius 2 is 2.20 bits per heavy atom. The van der Waals surface area contributed by atoms with Crippen molar-refractivity contribution in [2.45, 2.75) is 57.5 Å². The SMILES string of the molecule is Cc1sc(CNC2CC2)cc1CN1CCSC(C)(C)C1. The Morgan fingerprint density at radius 1 is 1.40 bits per heavy atom. The molecule has 2 heterocycles. The molecular weight excluding hydrogens is 284 g/mol. The zero-order valence-corrected chi connectivity index (χ0v) is 14.5. The number of hydrogen-bond donors (Lipinski definition) is 1. The van der Waals surface area contributed by atoms with Gasteiger partial charge in [0.1, 0.15) is 0 Å². The van der Waals surface area contributed by atoms with Crippen molar-refractivity contribution in [2.75, 3.05) is 18.8 Å². The van der Waals surface area contributed by atoms with Crippen LogP contribution < -0.4 is 5.32 Å². The molecule has 0 spiro atoms. The van der Waals surface area contributed by atoms with Crippen molar-refractivity contribution in [3.05, 3.63) is 21.4 Å². The second kappa shape index (κ2) is 5.99. The van der Waals surface area contributed by atoms with Crippen LogP contribution in [0.5, 0.6) is 0 Å². The van der Waals surface area contributed by atoms with E-state index in [1.165, 1.54) is 41.4 Å². The minimum atomic E-state index is 0.415. The number of nitrogens with one attached hydrogen (secondary N) is 1. The monoisotopic (exact) mass is 310 g/mol. The van der Waals surface area contributed by atoms with Gasteiger partial charge in [-0.25, -0.2) is 0 Å². The molecule has 1 aliphatic carbocycles. The first kappa shape index (κ1) is 14.9. The fraction of sp³-hybridized carbons (Fsp3) is 0.750. The molecule has 2 aliphatic rings. The fourth-order valence-corrected chi connectivity index (χ4v) is 5.03. The molecule has 0 radical (unpaired) electrons. The minimum Gasteiger partial charge on any atom is -0.309 e. The Hall–Kier alpha value is -0.0300. The van der Waals surface area contributed by atoms with E-state index in [1.54, 1.807) is 5.56 Å². The quantitative estimate of drug-likeness (QED) is 0.894. The highest BCUT2D eigenvalue weighted by atomic mass is 32.2. The van der Waals surface area contributed by atoms with Crippen molar-refractivity contribution in [1.82, 2.24) is 10.2 Å². The van der Waals surface area contributed by atoms with Crippen molar-refractivity contribution in [2.24, 2.45) is 0 Å². The van der Waals surface area contributed by atoms with Crippen molar-refractivity contribution in [3.63, 3.8) is 0 Å². The number of thioether (sulfide) groups is 1. The summed E-state index contributed by atoms with van der Waals surface area (Å²) in [6.45, 7) is 11.7. The Kier molecular flexibility index (Phi) is 4.46. The van der Waals surface area contributed by atoms with Crippen LogP contribution in [0.2, 0.25) is 0 Å². The molecule has 1 aromatic rings. The average Bonchev–Trinajstić information content (AvgIpc) is 3.12. The molecule has 4 heteroatoms.